The second kappa shape index (κ2) is 7.77. The van der Waals surface area contributed by atoms with Crippen molar-refractivity contribution >= 4 is 23.1 Å². The molecular formula is C24H26N6O3. The van der Waals surface area contributed by atoms with Gasteiger partial charge in [0.15, 0.2) is 0 Å². The Hall–Kier alpha value is -3.59. The first-order chi connectivity index (χ1) is 16.1. The molecule has 0 saturated heterocycles. The van der Waals surface area contributed by atoms with E-state index >= 15 is 0 Å². The monoisotopic (exact) mass is 446 g/mol. The number of hydrogen-bond donors (Lipinski definition) is 2. The normalized spacial score (nSPS) is 21.3. The third-order valence-electron chi connectivity index (χ3n) is 6.56. The Morgan fingerprint density at radius 2 is 1.97 bits per heavy atom. The quantitative estimate of drug-likeness (QED) is 0.464. The zero-order valence-electron chi connectivity index (χ0n) is 18.7. The second-order valence-electron chi connectivity index (χ2n) is 8.70. The van der Waals surface area contributed by atoms with Gasteiger partial charge < -0.3 is 14.6 Å². The molecule has 0 spiro atoms. The van der Waals surface area contributed by atoms with Gasteiger partial charge in [0.05, 0.1) is 59.6 Å². The Balaban J connectivity index is 1.47. The van der Waals surface area contributed by atoms with Gasteiger partial charge in [0.25, 0.3) is 0 Å². The van der Waals surface area contributed by atoms with Crippen molar-refractivity contribution in [2.45, 2.75) is 38.3 Å². The maximum absolute atomic E-state index is 10.3. The van der Waals surface area contributed by atoms with Gasteiger partial charge in [0.2, 0.25) is 11.8 Å². The molecule has 1 aromatic carbocycles. The van der Waals surface area contributed by atoms with Crippen molar-refractivity contribution in [3.8, 4) is 22.9 Å². The highest BCUT2D eigenvalue weighted by Crippen LogP contribution is 2.38. The minimum Gasteiger partial charge on any atom is -0.477 e. The summed E-state index contributed by atoms with van der Waals surface area (Å²) in [7, 11) is 1.88. The maximum Gasteiger partial charge on any atom is 0.219 e. The molecule has 0 amide bonds. The first-order valence-electron chi connectivity index (χ1n) is 11.3. The molecule has 2 bridgehead atoms. The number of aliphatic hydroxyl groups excluding tert-OH is 1. The molecule has 1 aliphatic carbocycles. The second-order valence-corrected chi connectivity index (χ2v) is 8.70. The van der Waals surface area contributed by atoms with E-state index in [1.54, 1.807) is 4.68 Å². The lowest BCUT2D eigenvalue weighted by molar-refractivity contribution is 0.0200. The van der Waals surface area contributed by atoms with E-state index in [-0.39, 0.29) is 6.04 Å². The van der Waals surface area contributed by atoms with Crippen LogP contribution in [-0.4, -0.2) is 54.2 Å². The van der Waals surface area contributed by atoms with Crippen LogP contribution in [0.5, 0.6) is 11.8 Å². The SMILES string of the molecule is Cc1nn([C@H]2CC[C@@H]2O)c2c1/C=C/c1n[nH]c3ccc(cc13)-c1cnn(C)c1OCCCO2. The Morgan fingerprint density at radius 1 is 1.12 bits per heavy atom. The van der Waals surface area contributed by atoms with E-state index in [4.69, 9.17) is 14.6 Å². The highest BCUT2D eigenvalue weighted by molar-refractivity contribution is 5.93. The highest BCUT2D eigenvalue weighted by Gasteiger charge is 2.34. The summed E-state index contributed by atoms with van der Waals surface area (Å²) in [6.45, 7) is 2.94. The Morgan fingerprint density at radius 3 is 2.76 bits per heavy atom. The summed E-state index contributed by atoms with van der Waals surface area (Å²) in [5.74, 6) is 1.41. The van der Waals surface area contributed by atoms with Gasteiger partial charge in [-0.1, -0.05) is 6.07 Å². The van der Waals surface area contributed by atoms with Crippen LogP contribution in [0.4, 0.5) is 0 Å². The van der Waals surface area contributed by atoms with Crippen LogP contribution in [0.2, 0.25) is 0 Å². The number of nitrogens with zero attached hydrogens (tertiary/aromatic N) is 5. The standard InChI is InChI=1S/C24H26N6O3/c1-14-16-5-7-20-17-12-15(4-6-19(17)26-27-20)18-13-25-29(2)23(18)32-10-3-11-33-24(16)30(28-14)21-8-9-22(21)31/h4-7,12-13,21-22,31H,3,8-11H2,1-2H3,(H,26,27)/b7-5+/t21-,22-/m0/s1. The molecule has 170 valence electrons. The molecule has 2 atom stereocenters. The summed E-state index contributed by atoms with van der Waals surface area (Å²) in [6, 6.07) is 6.14. The molecule has 1 aliphatic heterocycles. The van der Waals surface area contributed by atoms with Crippen molar-refractivity contribution in [2.24, 2.45) is 7.05 Å². The number of aryl methyl sites for hydroxylation is 2. The van der Waals surface area contributed by atoms with Gasteiger partial charge in [-0.25, -0.2) is 9.36 Å². The maximum atomic E-state index is 10.3. The number of aromatic amines is 1. The van der Waals surface area contributed by atoms with Crippen molar-refractivity contribution < 1.29 is 14.6 Å². The first-order valence-corrected chi connectivity index (χ1v) is 11.3. The van der Waals surface area contributed by atoms with E-state index in [1.165, 1.54) is 0 Å². The van der Waals surface area contributed by atoms with E-state index in [9.17, 15) is 5.11 Å². The predicted molar refractivity (Wildman–Crippen MR) is 124 cm³/mol. The summed E-state index contributed by atoms with van der Waals surface area (Å²) >= 11 is 0. The van der Waals surface area contributed by atoms with Crippen molar-refractivity contribution in [1.29, 1.82) is 0 Å². The molecule has 2 N–H and O–H groups in total. The zero-order chi connectivity index (χ0) is 22.5. The Labute approximate surface area is 190 Å². The molecule has 9 nitrogen and oxygen atoms in total. The molecule has 4 aromatic rings. The highest BCUT2D eigenvalue weighted by atomic mass is 16.5. The van der Waals surface area contributed by atoms with Crippen LogP contribution < -0.4 is 9.47 Å². The van der Waals surface area contributed by atoms with Crippen molar-refractivity contribution in [2.75, 3.05) is 13.2 Å². The number of hydrogen-bond acceptors (Lipinski definition) is 6. The molecule has 1 saturated carbocycles. The fourth-order valence-electron chi connectivity index (χ4n) is 4.53. The molecule has 4 heterocycles. The van der Waals surface area contributed by atoms with Crippen LogP contribution in [0.1, 0.15) is 42.3 Å². The fraction of sp³-hybridized carbons (Fsp3) is 0.375. The predicted octanol–water partition coefficient (Wildman–Crippen LogP) is 3.50. The summed E-state index contributed by atoms with van der Waals surface area (Å²) in [5.41, 5.74) is 5.52. The number of ether oxygens (including phenoxy) is 2. The van der Waals surface area contributed by atoms with Gasteiger partial charge in [-0.05, 0) is 49.6 Å². The van der Waals surface area contributed by atoms with E-state index in [2.05, 4.69) is 27.4 Å². The number of aromatic nitrogens is 6. The number of rotatable bonds is 1. The summed E-state index contributed by atoms with van der Waals surface area (Å²) in [5, 5.41) is 28.0. The lowest BCUT2D eigenvalue weighted by Gasteiger charge is -2.33. The van der Waals surface area contributed by atoms with E-state index in [0.717, 1.165) is 57.7 Å². The molecular weight excluding hydrogens is 420 g/mol. The molecule has 0 radical (unpaired) electrons. The fourth-order valence-corrected chi connectivity index (χ4v) is 4.53. The van der Waals surface area contributed by atoms with Crippen LogP contribution in [-0.2, 0) is 7.05 Å². The van der Waals surface area contributed by atoms with Crippen molar-refractivity contribution in [3.63, 3.8) is 0 Å². The van der Waals surface area contributed by atoms with Crippen molar-refractivity contribution in [3.05, 3.63) is 41.3 Å². The summed E-state index contributed by atoms with van der Waals surface area (Å²) < 4.78 is 16.0. The number of nitrogens with one attached hydrogen (secondary N) is 1. The van der Waals surface area contributed by atoms with Crippen LogP contribution >= 0.6 is 0 Å². The average Bonchev–Trinajstić information content (AvgIpc) is 3.46. The van der Waals surface area contributed by atoms with Gasteiger partial charge in [-0.3, -0.25) is 5.10 Å². The Bertz CT molecular complexity index is 1360. The summed E-state index contributed by atoms with van der Waals surface area (Å²) in [4.78, 5) is 0. The Kier molecular flexibility index (Phi) is 4.72. The molecule has 1 fully saturated rings. The summed E-state index contributed by atoms with van der Waals surface area (Å²) in [6.07, 6.45) is 7.81. The molecule has 9 heteroatoms. The number of aliphatic hydroxyl groups is 1. The van der Waals surface area contributed by atoms with Crippen LogP contribution in [0.25, 0.3) is 34.2 Å². The molecule has 6 rings (SSSR count). The molecule has 33 heavy (non-hydrogen) atoms. The lowest BCUT2D eigenvalue weighted by atomic mass is 9.89. The minimum atomic E-state index is -0.391. The molecule has 3 aromatic heterocycles. The third-order valence-corrected chi connectivity index (χ3v) is 6.56. The largest absolute Gasteiger partial charge is 0.477 e. The average molecular weight is 447 g/mol. The van der Waals surface area contributed by atoms with Gasteiger partial charge in [-0.15, -0.1) is 0 Å². The number of H-pyrrole nitrogens is 1. The van der Waals surface area contributed by atoms with Gasteiger partial charge in [-0.2, -0.15) is 15.3 Å². The number of fused-ring (bicyclic) bond motifs is 4. The minimum absolute atomic E-state index is 0.0510. The van der Waals surface area contributed by atoms with Crippen LogP contribution in [0.3, 0.4) is 0 Å². The van der Waals surface area contributed by atoms with Crippen LogP contribution in [0, 0.1) is 6.92 Å². The topological polar surface area (TPSA) is 103 Å². The molecule has 0 unspecified atom stereocenters. The van der Waals surface area contributed by atoms with Crippen molar-refractivity contribution in [1.82, 2.24) is 29.8 Å². The van der Waals surface area contributed by atoms with E-state index < -0.39 is 6.10 Å². The lowest BCUT2D eigenvalue weighted by Crippen LogP contribution is -2.34. The first kappa shape index (κ1) is 20.0. The van der Waals surface area contributed by atoms with Gasteiger partial charge >= 0.3 is 0 Å². The number of benzene rings is 1. The molecule has 2 aliphatic rings. The van der Waals surface area contributed by atoms with Gasteiger partial charge in [0, 0.05) is 18.9 Å². The smallest absolute Gasteiger partial charge is 0.219 e. The zero-order valence-corrected chi connectivity index (χ0v) is 18.7. The van der Waals surface area contributed by atoms with Gasteiger partial charge in [0.1, 0.15) is 0 Å². The third kappa shape index (κ3) is 3.31. The van der Waals surface area contributed by atoms with Crippen LogP contribution in [0.15, 0.2) is 24.4 Å². The van der Waals surface area contributed by atoms with E-state index in [0.29, 0.717) is 25.5 Å². The van der Waals surface area contributed by atoms with E-state index in [1.807, 2.05) is 43.1 Å².